The lowest BCUT2D eigenvalue weighted by atomic mass is 10.2. The second-order valence-electron chi connectivity index (χ2n) is 3.73. The molecule has 0 unspecified atom stereocenters. The zero-order chi connectivity index (χ0) is 16.8. The first-order valence-electron chi connectivity index (χ1n) is 6.48. The summed E-state index contributed by atoms with van der Waals surface area (Å²) in [5.74, 6) is 0. The van der Waals surface area contributed by atoms with Crippen molar-refractivity contribution in [2.24, 2.45) is 0 Å². The zero-order valence-corrected chi connectivity index (χ0v) is 14.4. The molecule has 0 aliphatic carbocycles. The van der Waals surface area contributed by atoms with Crippen LogP contribution in [-0.4, -0.2) is 0 Å². The van der Waals surface area contributed by atoms with Crippen molar-refractivity contribution in [3.8, 4) is 12.1 Å². The van der Waals surface area contributed by atoms with E-state index < -0.39 is 0 Å². The number of nitrogens with zero attached hydrogens (tertiary/aromatic N) is 2. The van der Waals surface area contributed by atoms with Crippen LogP contribution in [-0.2, 0) is 0 Å². The Morgan fingerprint density at radius 3 is 1.82 bits per heavy atom. The van der Waals surface area contributed by atoms with Crippen LogP contribution in [0.3, 0.4) is 0 Å². The summed E-state index contributed by atoms with van der Waals surface area (Å²) in [6.07, 6.45) is 14.1. The summed E-state index contributed by atoms with van der Waals surface area (Å²) in [6.45, 7) is 11.0. The first-order valence-corrected chi connectivity index (χ1v) is 8.63. The van der Waals surface area contributed by atoms with Gasteiger partial charge in [0.25, 0.3) is 0 Å². The molecule has 0 heterocycles. The Balaban J connectivity index is 5.42. The molecule has 0 fully saturated rings. The highest BCUT2D eigenvalue weighted by atomic mass is 33.1. The highest BCUT2D eigenvalue weighted by molar-refractivity contribution is 8.79. The molecule has 112 valence electrons. The Bertz CT molecular complexity index is 631. The van der Waals surface area contributed by atoms with Crippen LogP contribution in [0.5, 0.6) is 0 Å². The monoisotopic (exact) mass is 326 g/mol. The van der Waals surface area contributed by atoms with Gasteiger partial charge >= 0.3 is 0 Å². The van der Waals surface area contributed by atoms with Crippen molar-refractivity contribution < 1.29 is 0 Å². The van der Waals surface area contributed by atoms with Gasteiger partial charge in [0.15, 0.2) is 0 Å². The maximum absolute atomic E-state index is 9.21. The molecular weight excluding hydrogens is 308 g/mol. The fourth-order valence-corrected chi connectivity index (χ4v) is 3.59. The molecule has 0 saturated heterocycles. The highest BCUT2D eigenvalue weighted by Gasteiger charge is 2.09. The first kappa shape index (κ1) is 19.9. The largest absolute Gasteiger partial charge is 0.192 e. The van der Waals surface area contributed by atoms with Crippen LogP contribution in [0.15, 0.2) is 82.7 Å². The van der Waals surface area contributed by atoms with E-state index in [1.54, 1.807) is 30.4 Å². The molecule has 2 nitrogen and oxygen atoms in total. The summed E-state index contributed by atoms with van der Waals surface area (Å²) in [6, 6.07) is 4.31. The molecule has 0 spiro atoms. The summed E-state index contributed by atoms with van der Waals surface area (Å²) < 4.78 is 0. The first-order chi connectivity index (χ1) is 10.7. The van der Waals surface area contributed by atoms with Crippen molar-refractivity contribution in [2.75, 3.05) is 0 Å². The molecule has 0 bridgehead atoms. The van der Waals surface area contributed by atoms with Gasteiger partial charge in [-0.1, -0.05) is 65.1 Å². The van der Waals surface area contributed by atoms with E-state index in [1.165, 1.54) is 21.6 Å². The lowest BCUT2D eigenvalue weighted by Gasteiger charge is -2.07. The van der Waals surface area contributed by atoms with Gasteiger partial charge in [-0.05, 0) is 32.1 Å². The fourth-order valence-electron chi connectivity index (χ4n) is 1.26. The van der Waals surface area contributed by atoms with Gasteiger partial charge in [0.2, 0.25) is 0 Å². The van der Waals surface area contributed by atoms with E-state index >= 15 is 0 Å². The third-order valence-corrected chi connectivity index (χ3v) is 4.76. The van der Waals surface area contributed by atoms with E-state index in [9.17, 15) is 10.5 Å². The minimum Gasteiger partial charge on any atom is -0.192 e. The molecule has 0 aliphatic heterocycles. The third-order valence-electron chi connectivity index (χ3n) is 2.28. The molecule has 0 amide bonds. The number of hydrogen-bond acceptors (Lipinski definition) is 4. The van der Waals surface area contributed by atoms with Gasteiger partial charge in [-0.2, -0.15) is 10.5 Å². The fraction of sp³-hybridized carbons (Fsp3) is 0.111. The Labute approximate surface area is 141 Å². The average molecular weight is 326 g/mol. The maximum atomic E-state index is 9.21. The van der Waals surface area contributed by atoms with Gasteiger partial charge in [-0.25, -0.2) is 0 Å². The second-order valence-corrected chi connectivity index (χ2v) is 5.94. The van der Waals surface area contributed by atoms with Crippen molar-refractivity contribution in [2.45, 2.75) is 13.8 Å². The van der Waals surface area contributed by atoms with Crippen LogP contribution >= 0.6 is 21.6 Å². The predicted octanol–water partition coefficient (Wildman–Crippen LogP) is 6.00. The summed E-state index contributed by atoms with van der Waals surface area (Å²) >= 11 is 0. The van der Waals surface area contributed by atoms with Crippen molar-refractivity contribution in [1.29, 1.82) is 10.5 Å². The Morgan fingerprint density at radius 2 is 1.41 bits per heavy atom. The molecule has 0 radical (unpaired) electrons. The zero-order valence-electron chi connectivity index (χ0n) is 12.7. The topological polar surface area (TPSA) is 47.6 Å². The van der Waals surface area contributed by atoms with Gasteiger partial charge in [0.1, 0.15) is 6.07 Å². The molecule has 4 heteroatoms. The van der Waals surface area contributed by atoms with Gasteiger partial charge in [-0.3, -0.25) is 0 Å². The Hall–Kier alpha value is -2.14. The molecule has 0 saturated carbocycles. The molecule has 0 aromatic carbocycles. The maximum Gasteiger partial charge on any atom is 0.100 e. The lowest BCUT2D eigenvalue weighted by Crippen LogP contribution is -1.83. The van der Waals surface area contributed by atoms with E-state index in [0.29, 0.717) is 11.1 Å². The highest BCUT2D eigenvalue weighted by Crippen LogP contribution is 2.42. The third kappa shape index (κ3) is 7.04. The van der Waals surface area contributed by atoms with E-state index in [4.69, 9.17) is 0 Å². The van der Waals surface area contributed by atoms with Gasteiger partial charge in [-0.15, -0.1) is 0 Å². The van der Waals surface area contributed by atoms with Gasteiger partial charge in [0.05, 0.1) is 17.2 Å². The smallest absolute Gasteiger partial charge is 0.100 e. The minimum absolute atomic E-state index is 0.511. The van der Waals surface area contributed by atoms with Crippen molar-refractivity contribution >= 4 is 21.6 Å². The predicted molar refractivity (Wildman–Crippen MR) is 99.6 cm³/mol. The SMILES string of the molecule is C=C/C=C(C#N)\C(=C/C=C)SSC(=C/C=C\C)/C(C#N)=C\C. The summed E-state index contributed by atoms with van der Waals surface area (Å²) in [4.78, 5) is 1.60. The van der Waals surface area contributed by atoms with E-state index in [0.717, 1.165) is 9.81 Å². The van der Waals surface area contributed by atoms with Gasteiger partial charge < -0.3 is 0 Å². The quantitative estimate of drug-likeness (QED) is 0.311. The van der Waals surface area contributed by atoms with E-state index in [2.05, 4.69) is 25.3 Å². The number of nitriles is 2. The van der Waals surface area contributed by atoms with Crippen LogP contribution in [0.25, 0.3) is 0 Å². The molecule has 0 aromatic rings. The summed E-state index contributed by atoms with van der Waals surface area (Å²) in [7, 11) is 2.84. The van der Waals surface area contributed by atoms with E-state index in [1.807, 2.05) is 32.1 Å². The van der Waals surface area contributed by atoms with Crippen LogP contribution in [0.4, 0.5) is 0 Å². The minimum atomic E-state index is 0.511. The van der Waals surface area contributed by atoms with Crippen molar-refractivity contribution in [3.05, 3.63) is 82.7 Å². The van der Waals surface area contributed by atoms with Gasteiger partial charge in [0, 0.05) is 9.81 Å². The average Bonchev–Trinajstić information content (AvgIpc) is 2.54. The molecule has 0 aromatic heterocycles. The lowest BCUT2D eigenvalue weighted by molar-refractivity contribution is 1.47. The van der Waals surface area contributed by atoms with Crippen molar-refractivity contribution in [1.82, 2.24) is 0 Å². The number of allylic oxidation sites excluding steroid dienone is 10. The standard InChI is InChI=1S/C18H18N2S2/c1-5-9-12-18(15(8-4)13-19)22-21-17(11-7-3)16(14-20)10-6-2/h5-12H,2-3H2,1,4H3/b9-5-,15-8-,16-10-,17-11+,18-12+. The normalized spacial score (nSPS) is 13.6. The molecule has 0 rings (SSSR count). The molecule has 0 N–H and O–H groups in total. The molecular formula is C18H18N2S2. The molecule has 0 aliphatic rings. The molecule has 22 heavy (non-hydrogen) atoms. The van der Waals surface area contributed by atoms with Crippen LogP contribution < -0.4 is 0 Å². The van der Waals surface area contributed by atoms with Crippen LogP contribution in [0.2, 0.25) is 0 Å². The molecule has 0 atom stereocenters. The summed E-state index contributed by atoms with van der Waals surface area (Å²) in [5, 5.41) is 18.4. The number of hydrogen-bond donors (Lipinski definition) is 0. The van der Waals surface area contributed by atoms with Crippen LogP contribution in [0, 0.1) is 22.7 Å². The summed E-state index contributed by atoms with van der Waals surface area (Å²) in [5.41, 5.74) is 1.11. The second kappa shape index (κ2) is 12.6. The van der Waals surface area contributed by atoms with Crippen LogP contribution in [0.1, 0.15) is 13.8 Å². The Morgan fingerprint density at radius 1 is 0.864 bits per heavy atom. The van der Waals surface area contributed by atoms with E-state index in [-0.39, 0.29) is 0 Å². The number of rotatable bonds is 8. The Kier molecular flexibility index (Phi) is 11.4. The van der Waals surface area contributed by atoms with Crippen molar-refractivity contribution in [3.63, 3.8) is 0 Å².